The molecule has 1 heterocycles. The summed E-state index contributed by atoms with van der Waals surface area (Å²) in [6, 6.07) is 8.77. The third-order valence-electron chi connectivity index (χ3n) is 5.57. The smallest absolute Gasteiger partial charge is 0.191 e. The van der Waals surface area contributed by atoms with Crippen LogP contribution in [-0.2, 0) is 12.8 Å². The lowest BCUT2D eigenvalue weighted by Gasteiger charge is -2.16. The predicted molar refractivity (Wildman–Crippen MR) is 139 cm³/mol. The van der Waals surface area contributed by atoms with E-state index in [9.17, 15) is 0 Å². The number of aliphatic imine (C=N–C) groups is 1. The van der Waals surface area contributed by atoms with Crippen molar-refractivity contribution in [3.05, 3.63) is 35.7 Å². The molecular formula is C22H35IN6OS. The van der Waals surface area contributed by atoms with Crippen molar-refractivity contribution >= 4 is 41.7 Å². The topological polar surface area (TPSA) is 76.4 Å². The first kappa shape index (κ1) is 25.8. The average Bonchev–Trinajstić information content (AvgIpc) is 3.45. The Balaban J connectivity index is 0.00000341. The van der Waals surface area contributed by atoms with Crippen LogP contribution in [0, 0.1) is 0 Å². The maximum absolute atomic E-state index is 5.20. The lowest BCUT2D eigenvalue weighted by molar-refractivity contribution is 0.414. The number of hydrogen-bond donors (Lipinski definition) is 2. The van der Waals surface area contributed by atoms with Crippen LogP contribution in [0.5, 0.6) is 5.75 Å². The number of methoxy groups -OCH3 is 1. The maximum atomic E-state index is 5.20. The Labute approximate surface area is 207 Å². The zero-order chi connectivity index (χ0) is 21.2. The van der Waals surface area contributed by atoms with Gasteiger partial charge in [0.1, 0.15) is 11.6 Å². The molecule has 0 unspecified atom stereocenters. The summed E-state index contributed by atoms with van der Waals surface area (Å²) in [4.78, 5) is 4.33. The van der Waals surface area contributed by atoms with E-state index in [2.05, 4.69) is 48.8 Å². The molecule has 31 heavy (non-hydrogen) atoms. The molecule has 0 bridgehead atoms. The Hall–Kier alpha value is -1.49. The summed E-state index contributed by atoms with van der Waals surface area (Å²) in [6.45, 7) is 1.69. The SMILES string of the molecule is CN=C(NCCCc1nnc(SC)n1C1CCCC1)NCCc1ccc(OC)cc1.I. The van der Waals surface area contributed by atoms with Gasteiger partial charge in [-0.2, -0.15) is 0 Å². The third-order valence-corrected chi connectivity index (χ3v) is 6.21. The third kappa shape index (κ3) is 7.55. The number of benzene rings is 1. The first-order valence-electron chi connectivity index (χ1n) is 10.8. The summed E-state index contributed by atoms with van der Waals surface area (Å²) < 4.78 is 7.59. The van der Waals surface area contributed by atoms with Gasteiger partial charge in [-0.15, -0.1) is 34.2 Å². The number of thioether (sulfide) groups is 1. The Morgan fingerprint density at radius 2 is 1.84 bits per heavy atom. The Kier molecular flexibility index (Phi) is 11.5. The van der Waals surface area contributed by atoms with E-state index in [0.29, 0.717) is 6.04 Å². The standard InChI is InChI=1S/C22H34N6OS.HI/c1-23-21(25-16-14-17-10-12-19(29-2)13-11-17)24-15-6-9-20-26-27-22(30-3)28(20)18-7-4-5-8-18;/h10-13,18H,4-9,14-16H2,1-3H3,(H2,23,24,25);1H. The van der Waals surface area contributed by atoms with Gasteiger partial charge in [-0.25, -0.2) is 0 Å². The normalized spacial score (nSPS) is 14.4. The Bertz CT molecular complexity index is 805. The van der Waals surface area contributed by atoms with Gasteiger partial charge in [0.25, 0.3) is 0 Å². The quantitative estimate of drug-likeness (QED) is 0.151. The largest absolute Gasteiger partial charge is 0.497 e. The monoisotopic (exact) mass is 558 g/mol. The first-order valence-corrected chi connectivity index (χ1v) is 12.0. The Morgan fingerprint density at radius 3 is 2.48 bits per heavy atom. The number of hydrogen-bond acceptors (Lipinski definition) is 5. The van der Waals surface area contributed by atoms with E-state index < -0.39 is 0 Å². The second-order valence-electron chi connectivity index (χ2n) is 7.54. The number of ether oxygens (including phenoxy) is 1. The van der Waals surface area contributed by atoms with E-state index in [4.69, 9.17) is 4.74 Å². The molecule has 2 N–H and O–H groups in total. The van der Waals surface area contributed by atoms with Gasteiger partial charge < -0.3 is 19.9 Å². The molecule has 0 saturated heterocycles. The number of rotatable bonds is 10. The van der Waals surface area contributed by atoms with Crippen molar-refractivity contribution < 1.29 is 4.74 Å². The van der Waals surface area contributed by atoms with Gasteiger partial charge in [0.2, 0.25) is 0 Å². The predicted octanol–water partition coefficient (Wildman–Crippen LogP) is 4.08. The second kappa shape index (κ2) is 13.8. The number of aryl methyl sites for hydroxylation is 1. The number of nitrogens with zero attached hydrogens (tertiary/aromatic N) is 4. The molecule has 1 aromatic heterocycles. The molecule has 9 heteroatoms. The van der Waals surface area contributed by atoms with Crippen LogP contribution in [0.15, 0.2) is 34.4 Å². The molecule has 7 nitrogen and oxygen atoms in total. The highest BCUT2D eigenvalue weighted by Crippen LogP contribution is 2.33. The molecular weight excluding hydrogens is 523 g/mol. The molecule has 0 radical (unpaired) electrons. The van der Waals surface area contributed by atoms with Crippen LogP contribution in [0.2, 0.25) is 0 Å². The summed E-state index contributed by atoms with van der Waals surface area (Å²) in [7, 11) is 3.50. The van der Waals surface area contributed by atoms with Crippen molar-refractivity contribution in [2.75, 3.05) is 33.5 Å². The van der Waals surface area contributed by atoms with Gasteiger partial charge in [0.15, 0.2) is 11.1 Å². The van der Waals surface area contributed by atoms with Gasteiger partial charge in [-0.3, -0.25) is 4.99 Å². The van der Waals surface area contributed by atoms with Crippen LogP contribution < -0.4 is 15.4 Å². The molecule has 1 aromatic carbocycles. The lowest BCUT2D eigenvalue weighted by Crippen LogP contribution is -2.38. The highest BCUT2D eigenvalue weighted by Gasteiger charge is 2.23. The van der Waals surface area contributed by atoms with E-state index >= 15 is 0 Å². The van der Waals surface area contributed by atoms with E-state index in [-0.39, 0.29) is 24.0 Å². The highest BCUT2D eigenvalue weighted by atomic mass is 127. The molecule has 0 amide bonds. The van der Waals surface area contributed by atoms with E-state index in [1.54, 1.807) is 18.9 Å². The summed E-state index contributed by atoms with van der Waals surface area (Å²) in [5.41, 5.74) is 1.27. The van der Waals surface area contributed by atoms with Gasteiger partial charge in [0.05, 0.1) is 7.11 Å². The summed E-state index contributed by atoms with van der Waals surface area (Å²) >= 11 is 1.70. The van der Waals surface area contributed by atoms with Crippen LogP contribution in [-0.4, -0.2) is 54.2 Å². The van der Waals surface area contributed by atoms with Crippen molar-refractivity contribution in [3.8, 4) is 5.75 Å². The van der Waals surface area contributed by atoms with Crippen molar-refractivity contribution in [1.29, 1.82) is 0 Å². The van der Waals surface area contributed by atoms with Crippen molar-refractivity contribution in [3.63, 3.8) is 0 Å². The molecule has 1 aliphatic carbocycles. The number of nitrogens with one attached hydrogen (secondary N) is 2. The summed E-state index contributed by atoms with van der Waals surface area (Å²) in [6.07, 6.45) is 10.1. The zero-order valence-corrected chi connectivity index (χ0v) is 21.9. The van der Waals surface area contributed by atoms with E-state index in [1.807, 2.05) is 19.2 Å². The molecule has 0 atom stereocenters. The van der Waals surface area contributed by atoms with Crippen LogP contribution in [0.3, 0.4) is 0 Å². The van der Waals surface area contributed by atoms with Crippen molar-refractivity contribution in [2.45, 2.75) is 56.1 Å². The van der Waals surface area contributed by atoms with Crippen LogP contribution >= 0.6 is 35.7 Å². The number of aromatic nitrogens is 3. The van der Waals surface area contributed by atoms with Gasteiger partial charge in [-0.1, -0.05) is 36.7 Å². The van der Waals surface area contributed by atoms with Gasteiger partial charge in [-0.05, 0) is 49.6 Å². The highest BCUT2D eigenvalue weighted by molar-refractivity contribution is 14.0. The average molecular weight is 559 g/mol. The van der Waals surface area contributed by atoms with Crippen LogP contribution in [0.25, 0.3) is 0 Å². The fourth-order valence-corrected chi connectivity index (χ4v) is 4.51. The van der Waals surface area contributed by atoms with Crippen molar-refractivity contribution in [2.24, 2.45) is 4.99 Å². The molecule has 2 aromatic rings. The van der Waals surface area contributed by atoms with Crippen molar-refractivity contribution in [1.82, 2.24) is 25.4 Å². The molecule has 172 valence electrons. The first-order chi connectivity index (χ1) is 14.7. The molecule has 1 fully saturated rings. The lowest BCUT2D eigenvalue weighted by atomic mass is 10.1. The van der Waals surface area contributed by atoms with E-state index in [1.165, 1.54) is 31.2 Å². The van der Waals surface area contributed by atoms with Gasteiger partial charge in [0, 0.05) is 32.6 Å². The second-order valence-corrected chi connectivity index (χ2v) is 8.31. The number of halogens is 1. The molecule has 0 spiro atoms. The molecule has 1 aliphatic rings. The number of guanidine groups is 1. The zero-order valence-electron chi connectivity index (χ0n) is 18.8. The Morgan fingerprint density at radius 1 is 1.13 bits per heavy atom. The minimum atomic E-state index is 0. The minimum Gasteiger partial charge on any atom is -0.497 e. The molecule has 0 aliphatic heterocycles. The van der Waals surface area contributed by atoms with E-state index in [0.717, 1.165) is 55.0 Å². The summed E-state index contributed by atoms with van der Waals surface area (Å²) in [5, 5.41) is 16.7. The minimum absolute atomic E-state index is 0. The molecule has 3 rings (SSSR count). The fourth-order valence-electron chi connectivity index (χ4n) is 3.94. The van der Waals surface area contributed by atoms with Crippen LogP contribution in [0.4, 0.5) is 0 Å². The maximum Gasteiger partial charge on any atom is 0.191 e. The molecule has 1 saturated carbocycles. The summed E-state index contributed by atoms with van der Waals surface area (Å²) in [5.74, 6) is 2.85. The van der Waals surface area contributed by atoms with Gasteiger partial charge >= 0.3 is 0 Å². The fraction of sp³-hybridized carbons (Fsp3) is 0.591. The van der Waals surface area contributed by atoms with Crippen LogP contribution in [0.1, 0.15) is 49.5 Å².